The van der Waals surface area contributed by atoms with Crippen molar-refractivity contribution >= 4 is 11.7 Å². The highest BCUT2D eigenvalue weighted by Gasteiger charge is 2.15. The number of carbonyl (C=O) groups is 1. The Kier molecular flexibility index (Phi) is 3.62. The third-order valence-electron chi connectivity index (χ3n) is 2.48. The number of rotatable bonds is 4. The first-order valence-electron chi connectivity index (χ1n) is 5.51. The van der Waals surface area contributed by atoms with Crippen molar-refractivity contribution < 1.29 is 13.9 Å². The van der Waals surface area contributed by atoms with Crippen molar-refractivity contribution in [3.8, 4) is 0 Å². The number of aryl methyl sites for hydroxylation is 1. The van der Waals surface area contributed by atoms with Gasteiger partial charge in [0.1, 0.15) is 0 Å². The van der Waals surface area contributed by atoms with Crippen molar-refractivity contribution in [2.24, 2.45) is 0 Å². The van der Waals surface area contributed by atoms with Crippen LogP contribution in [0.15, 0.2) is 35.2 Å². The number of ether oxygens (including phenoxy) is 1. The molecule has 0 unspecified atom stereocenters. The molecule has 0 bridgehead atoms. The van der Waals surface area contributed by atoms with E-state index in [0.29, 0.717) is 6.54 Å². The van der Waals surface area contributed by atoms with Gasteiger partial charge in [-0.25, -0.2) is 4.79 Å². The summed E-state index contributed by atoms with van der Waals surface area (Å²) in [5.74, 6) is -0.246. The smallest absolute Gasteiger partial charge is 0.374 e. The summed E-state index contributed by atoms with van der Waals surface area (Å²) in [5, 5.41) is 3.18. The molecule has 18 heavy (non-hydrogen) atoms. The van der Waals surface area contributed by atoms with Gasteiger partial charge >= 0.3 is 5.97 Å². The lowest BCUT2D eigenvalue weighted by molar-refractivity contribution is 0.0563. The van der Waals surface area contributed by atoms with Crippen LogP contribution in [-0.2, 0) is 11.3 Å². The number of methoxy groups -OCH3 is 1. The van der Waals surface area contributed by atoms with Crippen LogP contribution in [0.2, 0.25) is 0 Å². The molecule has 94 valence electrons. The fourth-order valence-corrected chi connectivity index (χ4v) is 1.60. The van der Waals surface area contributed by atoms with Gasteiger partial charge in [0, 0.05) is 24.5 Å². The molecule has 0 amide bonds. The van der Waals surface area contributed by atoms with E-state index in [9.17, 15) is 4.79 Å². The zero-order valence-corrected chi connectivity index (χ0v) is 10.3. The summed E-state index contributed by atoms with van der Waals surface area (Å²) in [6, 6.07) is 3.72. The molecular weight excluding hydrogens is 232 g/mol. The molecule has 0 atom stereocenters. The van der Waals surface area contributed by atoms with E-state index >= 15 is 0 Å². The second kappa shape index (κ2) is 5.35. The van der Waals surface area contributed by atoms with Gasteiger partial charge in [-0.3, -0.25) is 4.98 Å². The molecule has 0 aliphatic heterocycles. The summed E-state index contributed by atoms with van der Waals surface area (Å²) in [5.41, 5.74) is 2.72. The van der Waals surface area contributed by atoms with E-state index < -0.39 is 5.97 Å². The summed E-state index contributed by atoms with van der Waals surface area (Å²) in [6.45, 7) is 2.45. The van der Waals surface area contributed by atoms with Gasteiger partial charge in [0.05, 0.1) is 19.1 Å². The third kappa shape index (κ3) is 2.68. The lowest BCUT2D eigenvalue weighted by atomic mass is 10.2. The van der Waals surface area contributed by atoms with Crippen LogP contribution in [0.5, 0.6) is 0 Å². The average molecular weight is 246 g/mol. The number of carbonyl (C=O) groups excluding carboxylic acids is 1. The van der Waals surface area contributed by atoms with Gasteiger partial charge in [0.25, 0.3) is 0 Å². The van der Waals surface area contributed by atoms with Crippen molar-refractivity contribution in [3.05, 3.63) is 47.7 Å². The second-order valence-corrected chi connectivity index (χ2v) is 3.87. The first-order chi connectivity index (χ1) is 8.70. The highest BCUT2D eigenvalue weighted by molar-refractivity contribution is 5.87. The molecule has 0 fully saturated rings. The topological polar surface area (TPSA) is 64.4 Å². The number of pyridine rings is 1. The number of hydrogen-bond donors (Lipinski definition) is 1. The molecule has 0 saturated heterocycles. The molecule has 2 rings (SSSR count). The molecular formula is C13H14N2O3. The average Bonchev–Trinajstić information content (AvgIpc) is 2.84. The van der Waals surface area contributed by atoms with Gasteiger partial charge in [0.15, 0.2) is 0 Å². The molecule has 2 aromatic heterocycles. The van der Waals surface area contributed by atoms with Crippen LogP contribution in [0, 0.1) is 6.92 Å². The van der Waals surface area contributed by atoms with Crippen molar-refractivity contribution in [2.45, 2.75) is 13.5 Å². The van der Waals surface area contributed by atoms with Gasteiger partial charge in [0.2, 0.25) is 5.76 Å². The van der Waals surface area contributed by atoms with E-state index in [4.69, 9.17) is 4.42 Å². The highest BCUT2D eigenvalue weighted by atomic mass is 16.5. The van der Waals surface area contributed by atoms with Gasteiger partial charge < -0.3 is 14.5 Å². The number of aromatic nitrogens is 1. The van der Waals surface area contributed by atoms with E-state index in [1.165, 1.54) is 13.4 Å². The van der Waals surface area contributed by atoms with Crippen LogP contribution in [0.1, 0.15) is 21.7 Å². The van der Waals surface area contributed by atoms with E-state index in [0.717, 1.165) is 16.8 Å². The molecule has 0 radical (unpaired) electrons. The summed E-state index contributed by atoms with van der Waals surface area (Å²) in [7, 11) is 1.33. The Morgan fingerprint density at radius 2 is 2.33 bits per heavy atom. The Morgan fingerprint density at radius 3 is 3.06 bits per heavy atom. The maximum atomic E-state index is 11.4. The standard InChI is InChI=1S/C13H14N2O3/c1-9-5-11(8-14-6-9)15-7-10-3-4-18-12(10)13(16)17-2/h3-6,8,15H,7H2,1-2H3. The lowest BCUT2D eigenvalue weighted by Crippen LogP contribution is -2.07. The molecule has 2 aromatic rings. The number of anilines is 1. The Labute approximate surface area is 105 Å². The van der Waals surface area contributed by atoms with Crippen molar-refractivity contribution in [3.63, 3.8) is 0 Å². The highest BCUT2D eigenvalue weighted by Crippen LogP contribution is 2.15. The molecule has 0 aromatic carbocycles. The van der Waals surface area contributed by atoms with Crippen LogP contribution >= 0.6 is 0 Å². The van der Waals surface area contributed by atoms with Crippen molar-refractivity contribution in [1.29, 1.82) is 0 Å². The molecule has 5 nitrogen and oxygen atoms in total. The van der Waals surface area contributed by atoms with Crippen LogP contribution in [0.3, 0.4) is 0 Å². The zero-order valence-electron chi connectivity index (χ0n) is 10.3. The fourth-order valence-electron chi connectivity index (χ4n) is 1.60. The maximum absolute atomic E-state index is 11.4. The largest absolute Gasteiger partial charge is 0.463 e. The third-order valence-corrected chi connectivity index (χ3v) is 2.48. The summed E-state index contributed by atoms with van der Waals surface area (Å²) in [4.78, 5) is 15.5. The first kappa shape index (κ1) is 12.2. The minimum atomic E-state index is -0.473. The van der Waals surface area contributed by atoms with E-state index in [-0.39, 0.29) is 5.76 Å². The minimum absolute atomic E-state index is 0.227. The molecule has 0 saturated carbocycles. The van der Waals surface area contributed by atoms with E-state index in [2.05, 4.69) is 15.0 Å². The monoisotopic (exact) mass is 246 g/mol. The Hall–Kier alpha value is -2.30. The summed E-state index contributed by atoms with van der Waals surface area (Å²) < 4.78 is 9.73. The van der Waals surface area contributed by atoms with Crippen molar-refractivity contribution in [2.75, 3.05) is 12.4 Å². The van der Waals surface area contributed by atoms with Crippen LogP contribution in [0.4, 0.5) is 5.69 Å². The Balaban J connectivity index is 2.07. The molecule has 2 heterocycles. The molecule has 1 N–H and O–H groups in total. The number of hydrogen-bond acceptors (Lipinski definition) is 5. The van der Waals surface area contributed by atoms with E-state index in [1.807, 2.05) is 13.0 Å². The summed E-state index contributed by atoms with van der Waals surface area (Å²) in [6.07, 6.45) is 4.98. The maximum Gasteiger partial charge on any atom is 0.374 e. The summed E-state index contributed by atoms with van der Waals surface area (Å²) >= 11 is 0. The number of nitrogens with zero attached hydrogens (tertiary/aromatic N) is 1. The molecule has 0 aliphatic rings. The van der Waals surface area contributed by atoms with Crippen LogP contribution < -0.4 is 5.32 Å². The number of nitrogens with one attached hydrogen (secondary N) is 1. The quantitative estimate of drug-likeness (QED) is 0.839. The minimum Gasteiger partial charge on any atom is -0.463 e. The normalized spacial score (nSPS) is 10.1. The predicted octanol–water partition coefficient (Wildman–Crippen LogP) is 2.38. The number of furan rings is 1. The Morgan fingerprint density at radius 1 is 1.50 bits per heavy atom. The molecule has 5 heteroatoms. The number of esters is 1. The first-order valence-corrected chi connectivity index (χ1v) is 5.51. The molecule has 0 spiro atoms. The lowest BCUT2D eigenvalue weighted by Gasteiger charge is -2.06. The Bertz CT molecular complexity index is 549. The second-order valence-electron chi connectivity index (χ2n) is 3.87. The van der Waals surface area contributed by atoms with Crippen molar-refractivity contribution in [1.82, 2.24) is 4.98 Å². The zero-order chi connectivity index (χ0) is 13.0. The van der Waals surface area contributed by atoms with Gasteiger partial charge in [-0.05, 0) is 24.6 Å². The van der Waals surface area contributed by atoms with Crippen LogP contribution in [0.25, 0.3) is 0 Å². The fraction of sp³-hybridized carbons (Fsp3) is 0.231. The van der Waals surface area contributed by atoms with Crippen LogP contribution in [-0.4, -0.2) is 18.1 Å². The van der Waals surface area contributed by atoms with E-state index in [1.54, 1.807) is 18.5 Å². The predicted molar refractivity (Wildman–Crippen MR) is 66.3 cm³/mol. The SMILES string of the molecule is COC(=O)c1occc1CNc1cncc(C)c1. The van der Waals surface area contributed by atoms with Gasteiger partial charge in [-0.1, -0.05) is 0 Å². The van der Waals surface area contributed by atoms with Gasteiger partial charge in [-0.15, -0.1) is 0 Å². The molecule has 0 aliphatic carbocycles. The van der Waals surface area contributed by atoms with Gasteiger partial charge in [-0.2, -0.15) is 0 Å².